The lowest BCUT2D eigenvalue weighted by Gasteiger charge is -2.22. The van der Waals surface area contributed by atoms with Gasteiger partial charge in [0.15, 0.2) is 7.14 Å². The van der Waals surface area contributed by atoms with Gasteiger partial charge in [-0.2, -0.15) is 0 Å². The van der Waals surface area contributed by atoms with Gasteiger partial charge in [-0.15, -0.1) is 0 Å². The molecule has 0 aliphatic carbocycles. The molecule has 0 aromatic heterocycles. The summed E-state index contributed by atoms with van der Waals surface area (Å²) >= 11 is 0. The molecule has 5 aromatic rings. The first kappa shape index (κ1) is 23.2. The molecule has 2 heteroatoms. The zero-order valence-corrected chi connectivity index (χ0v) is 20.5. The summed E-state index contributed by atoms with van der Waals surface area (Å²) < 4.78 is 15.3. The van der Waals surface area contributed by atoms with E-state index in [2.05, 4.69) is 23.7 Å². The first-order valence-corrected chi connectivity index (χ1v) is 13.4. The molecule has 0 aliphatic heterocycles. The van der Waals surface area contributed by atoms with Gasteiger partial charge >= 0.3 is 0 Å². The Morgan fingerprint density at radius 2 is 0.750 bits per heavy atom. The van der Waals surface area contributed by atoms with Crippen LogP contribution in [0.3, 0.4) is 0 Å². The Labute approximate surface area is 212 Å². The Kier molecular flexibility index (Phi) is 6.96. The van der Waals surface area contributed by atoms with E-state index in [9.17, 15) is 0 Å². The minimum atomic E-state index is -3.30. The summed E-state index contributed by atoms with van der Waals surface area (Å²) in [6, 6.07) is 44.8. The van der Waals surface area contributed by atoms with Gasteiger partial charge in [-0.05, 0) is 48.5 Å². The van der Waals surface area contributed by atoms with Crippen molar-refractivity contribution in [3.05, 3.63) is 162 Å². The van der Waals surface area contributed by atoms with Crippen molar-refractivity contribution in [3.63, 3.8) is 0 Å². The van der Waals surface area contributed by atoms with Crippen molar-refractivity contribution in [1.82, 2.24) is 0 Å². The maximum absolute atomic E-state index is 15.3. The molecule has 5 aromatic carbocycles. The van der Waals surface area contributed by atoms with Crippen LogP contribution in [0.1, 0.15) is 22.3 Å². The molecular weight excluding hydrogens is 455 g/mol. The van der Waals surface area contributed by atoms with Gasteiger partial charge in [0.25, 0.3) is 0 Å². The maximum Gasteiger partial charge on any atom is 0.173 e. The molecule has 0 saturated heterocycles. The smallest absolute Gasteiger partial charge is 0.173 e. The Morgan fingerprint density at radius 1 is 0.389 bits per heavy atom. The van der Waals surface area contributed by atoms with Gasteiger partial charge in [-0.3, -0.25) is 0 Å². The predicted molar refractivity (Wildman–Crippen MR) is 151 cm³/mol. The summed E-state index contributed by atoms with van der Waals surface area (Å²) in [4.78, 5) is 0. The van der Waals surface area contributed by atoms with E-state index in [4.69, 9.17) is 0 Å². The molecule has 170 valence electrons. The molecule has 1 nitrogen and oxygen atoms in total. The predicted octanol–water partition coefficient (Wildman–Crippen LogP) is 6.13. The second-order valence-corrected chi connectivity index (χ2v) is 10.9. The summed E-state index contributed by atoms with van der Waals surface area (Å²) in [7, 11) is -3.30. The van der Waals surface area contributed by atoms with Crippen LogP contribution in [-0.2, 0) is 4.57 Å². The number of rotatable bonds is 3. The van der Waals surface area contributed by atoms with Crippen LogP contribution in [0.15, 0.2) is 140 Å². The highest BCUT2D eigenvalue weighted by Gasteiger charge is 2.33. The zero-order chi connectivity index (χ0) is 24.6. The zero-order valence-electron chi connectivity index (χ0n) is 19.6. The first-order chi connectivity index (χ1) is 17.7. The summed E-state index contributed by atoms with van der Waals surface area (Å²) in [5, 5.41) is 2.19. The lowest BCUT2D eigenvalue weighted by molar-refractivity contribution is 0.592. The van der Waals surface area contributed by atoms with E-state index in [1.165, 1.54) is 0 Å². The van der Waals surface area contributed by atoms with Crippen LogP contribution in [0.5, 0.6) is 0 Å². The third-order valence-corrected chi connectivity index (χ3v) is 9.00. The Morgan fingerprint density at radius 3 is 1.19 bits per heavy atom. The van der Waals surface area contributed by atoms with Gasteiger partial charge in [0.05, 0.1) is 0 Å². The van der Waals surface area contributed by atoms with Gasteiger partial charge in [-0.25, -0.2) is 0 Å². The van der Waals surface area contributed by atoms with Gasteiger partial charge in [-0.1, -0.05) is 115 Å². The van der Waals surface area contributed by atoms with Crippen molar-refractivity contribution >= 4 is 23.1 Å². The molecule has 0 fully saturated rings. The fourth-order valence-electron chi connectivity index (χ4n) is 4.08. The highest BCUT2D eigenvalue weighted by molar-refractivity contribution is 7.85. The van der Waals surface area contributed by atoms with Crippen LogP contribution in [-0.4, -0.2) is 0 Å². The van der Waals surface area contributed by atoms with E-state index >= 15 is 4.57 Å². The normalized spacial score (nSPS) is 10.4. The third kappa shape index (κ3) is 4.94. The van der Waals surface area contributed by atoms with Crippen LogP contribution >= 0.6 is 7.14 Å². The molecule has 0 atom stereocenters. The fourth-order valence-corrected chi connectivity index (χ4v) is 7.01. The molecule has 0 unspecified atom stereocenters. The molecule has 0 saturated carbocycles. The second-order valence-electron chi connectivity index (χ2n) is 8.21. The lowest BCUT2D eigenvalue weighted by Crippen LogP contribution is -2.28. The average molecular weight is 479 g/mol. The summed E-state index contributed by atoms with van der Waals surface area (Å²) in [6.45, 7) is 0. The molecule has 5 rings (SSSR count). The minimum Gasteiger partial charge on any atom is -0.309 e. The Balaban J connectivity index is 1.72. The van der Waals surface area contributed by atoms with Crippen molar-refractivity contribution in [2.45, 2.75) is 0 Å². The van der Waals surface area contributed by atoms with Crippen LogP contribution < -0.4 is 15.9 Å². The largest absolute Gasteiger partial charge is 0.309 e. The van der Waals surface area contributed by atoms with Crippen molar-refractivity contribution in [1.29, 1.82) is 0 Å². The summed E-state index contributed by atoms with van der Waals surface area (Å²) in [5.41, 5.74) is 3.32. The molecule has 0 spiro atoms. The van der Waals surface area contributed by atoms with E-state index in [1.54, 1.807) is 0 Å². The monoisotopic (exact) mass is 478 g/mol. The van der Waals surface area contributed by atoms with Crippen molar-refractivity contribution in [3.8, 4) is 23.7 Å². The molecule has 0 amide bonds. The van der Waals surface area contributed by atoms with Crippen LogP contribution in [0.4, 0.5) is 0 Å². The van der Waals surface area contributed by atoms with Gasteiger partial charge in [0.2, 0.25) is 0 Å². The third-order valence-electron chi connectivity index (χ3n) is 5.84. The second kappa shape index (κ2) is 10.8. The van der Waals surface area contributed by atoms with E-state index in [0.29, 0.717) is 10.6 Å². The molecule has 0 radical (unpaired) electrons. The Bertz CT molecular complexity index is 1540. The first-order valence-electron chi connectivity index (χ1n) is 11.7. The molecule has 0 aliphatic rings. The van der Waals surface area contributed by atoms with Crippen molar-refractivity contribution < 1.29 is 4.57 Å². The SMILES string of the molecule is O=P(c1ccccc1)(c1ccccc1C#Cc1ccccc1)c1ccccc1C#Cc1ccccc1. The van der Waals surface area contributed by atoms with Crippen molar-refractivity contribution in [2.24, 2.45) is 0 Å². The Hall–Kier alpha value is -4.55. The molecular formula is C34H23OP. The lowest BCUT2D eigenvalue weighted by atomic mass is 10.2. The summed E-state index contributed by atoms with van der Waals surface area (Å²) in [6.07, 6.45) is 0. The standard InChI is InChI=1S/C34H23OP/c35-36(32-20-8-3-9-21-32,33-22-12-10-18-30(33)26-24-28-14-4-1-5-15-28)34-23-13-11-19-31(34)27-25-29-16-6-2-7-17-29/h1-23H. The number of benzene rings is 5. The van der Waals surface area contributed by atoms with E-state index in [1.807, 2.05) is 140 Å². The number of hydrogen-bond acceptors (Lipinski definition) is 1. The highest BCUT2D eigenvalue weighted by atomic mass is 31.2. The van der Waals surface area contributed by atoms with E-state index in [0.717, 1.165) is 27.6 Å². The topological polar surface area (TPSA) is 17.1 Å². The summed E-state index contributed by atoms with van der Waals surface area (Å²) in [5.74, 6) is 13.1. The molecule has 0 heterocycles. The van der Waals surface area contributed by atoms with Crippen LogP contribution in [0.2, 0.25) is 0 Å². The van der Waals surface area contributed by atoms with E-state index in [-0.39, 0.29) is 0 Å². The quantitative estimate of drug-likeness (QED) is 0.225. The maximum atomic E-state index is 15.3. The average Bonchev–Trinajstić information content (AvgIpc) is 2.96. The van der Waals surface area contributed by atoms with Crippen molar-refractivity contribution in [2.75, 3.05) is 0 Å². The number of hydrogen-bond donors (Lipinski definition) is 0. The fraction of sp³-hybridized carbons (Fsp3) is 0. The van der Waals surface area contributed by atoms with Gasteiger partial charge in [0.1, 0.15) is 0 Å². The molecule has 0 bridgehead atoms. The highest BCUT2D eigenvalue weighted by Crippen LogP contribution is 2.44. The van der Waals surface area contributed by atoms with Gasteiger partial charge in [0, 0.05) is 38.2 Å². The molecule has 36 heavy (non-hydrogen) atoms. The molecule has 0 N–H and O–H groups in total. The van der Waals surface area contributed by atoms with Crippen LogP contribution in [0, 0.1) is 23.7 Å². The minimum absolute atomic E-state index is 0.716. The van der Waals surface area contributed by atoms with E-state index < -0.39 is 7.14 Å². The van der Waals surface area contributed by atoms with Crippen LogP contribution in [0.25, 0.3) is 0 Å². The van der Waals surface area contributed by atoms with Gasteiger partial charge < -0.3 is 4.57 Å².